The van der Waals surface area contributed by atoms with Crippen LogP contribution in [0.5, 0.6) is 0 Å². The van der Waals surface area contributed by atoms with Gasteiger partial charge in [-0.15, -0.1) is 0 Å². The van der Waals surface area contributed by atoms with Gasteiger partial charge >= 0.3 is 0 Å². The lowest BCUT2D eigenvalue weighted by Crippen LogP contribution is -2.44. The normalized spacial score (nSPS) is 14.5. The monoisotopic (exact) mass is 188 g/mol. The van der Waals surface area contributed by atoms with Crippen molar-refractivity contribution in [3.63, 3.8) is 0 Å². The van der Waals surface area contributed by atoms with Crippen molar-refractivity contribution in [1.29, 1.82) is 0 Å². The van der Waals surface area contributed by atoms with Gasteiger partial charge in [-0.25, -0.2) is 0 Å². The summed E-state index contributed by atoms with van der Waals surface area (Å²) in [4.78, 5) is 0. The van der Waals surface area contributed by atoms with Crippen LogP contribution < -0.4 is 10.6 Å². The summed E-state index contributed by atoms with van der Waals surface area (Å²) in [5.74, 6) is 0. The van der Waals surface area contributed by atoms with Crippen molar-refractivity contribution in [2.45, 2.75) is 39.3 Å². The Morgan fingerprint density at radius 3 is 2.46 bits per heavy atom. The fourth-order valence-corrected chi connectivity index (χ4v) is 0.925. The van der Waals surface area contributed by atoms with Crippen LogP contribution in [0.2, 0.25) is 0 Å². The lowest BCUT2D eigenvalue weighted by molar-refractivity contribution is 0.0215. The predicted molar refractivity (Wildman–Crippen MR) is 57.1 cm³/mol. The van der Waals surface area contributed by atoms with Crippen molar-refractivity contribution in [1.82, 2.24) is 10.6 Å². The van der Waals surface area contributed by atoms with Gasteiger partial charge in [0.2, 0.25) is 0 Å². The highest BCUT2D eigenvalue weighted by molar-refractivity contribution is 4.74. The van der Waals surface area contributed by atoms with Crippen molar-refractivity contribution >= 4 is 0 Å². The maximum atomic E-state index is 5.31. The number of nitrogens with one attached hydrogen (secondary N) is 2. The molecule has 0 heterocycles. The minimum Gasteiger partial charge on any atom is -0.377 e. The van der Waals surface area contributed by atoms with Crippen LogP contribution in [-0.4, -0.2) is 38.4 Å². The summed E-state index contributed by atoms with van der Waals surface area (Å²) < 4.78 is 5.31. The number of ether oxygens (including phenoxy) is 1. The van der Waals surface area contributed by atoms with E-state index in [-0.39, 0.29) is 5.60 Å². The number of hydrogen-bond acceptors (Lipinski definition) is 3. The summed E-state index contributed by atoms with van der Waals surface area (Å²) >= 11 is 0. The first-order chi connectivity index (χ1) is 6.02. The lowest BCUT2D eigenvalue weighted by atomic mass is 10.1. The quantitative estimate of drug-likeness (QED) is 0.625. The maximum absolute atomic E-state index is 5.31. The number of rotatable bonds is 7. The lowest BCUT2D eigenvalue weighted by Gasteiger charge is -2.25. The van der Waals surface area contributed by atoms with Gasteiger partial charge in [-0.1, -0.05) is 6.92 Å². The van der Waals surface area contributed by atoms with Gasteiger partial charge < -0.3 is 15.4 Å². The molecule has 80 valence electrons. The molecule has 0 fully saturated rings. The van der Waals surface area contributed by atoms with Gasteiger partial charge in [-0.2, -0.15) is 0 Å². The van der Waals surface area contributed by atoms with Crippen LogP contribution in [0.15, 0.2) is 0 Å². The van der Waals surface area contributed by atoms with Gasteiger partial charge in [-0.3, -0.25) is 0 Å². The molecule has 0 aromatic heterocycles. The van der Waals surface area contributed by atoms with Gasteiger partial charge in [-0.05, 0) is 27.3 Å². The molecule has 2 N–H and O–H groups in total. The Kier molecular flexibility index (Phi) is 6.29. The first-order valence-electron chi connectivity index (χ1n) is 5.01. The molecule has 0 radical (unpaired) electrons. The molecule has 0 aliphatic heterocycles. The largest absolute Gasteiger partial charge is 0.377 e. The van der Waals surface area contributed by atoms with Crippen LogP contribution in [0.1, 0.15) is 27.7 Å². The standard InChI is InChI=1S/C10H24N2O/c1-6-11-7-9(2)12-8-10(3,4)13-5/h9,11-12H,6-8H2,1-5H3. The van der Waals surface area contributed by atoms with Crippen LogP contribution >= 0.6 is 0 Å². The zero-order valence-electron chi connectivity index (χ0n) is 9.61. The number of methoxy groups -OCH3 is 1. The summed E-state index contributed by atoms with van der Waals surface area (Å²) in [6, 6.07) is 0.495. The molecule has 0 spiro atoms. The maximum Gasteiger partial charge on any atom is 0.0746 e. The van der Waals surface area contributed by atoms with Gasteiger partial charge in [0.25, 0.3) is 0 Å². The van der Waals surface area contributed by atoms with E-state index >= 15 is 0 Å². The third-order valence-corrected chi connectivity index (χ3v) is 2.13. The van der Waals surface area contributed by atoms with Crippen LogP contribution in [-0.2, 0) is 4.74 Å². The molecule has 1 atom stereocenters. The average Bonchev–Trinajstić information content (AvgIpc) is 2.11. The van der Waals surface area contributed by atoms with E-state index < -0.39 is 0 Å². The van der Waals surface area contributed by atoms with Crippen molar-refractivity contribution in [3.05, 3.63) is 0 Å². The molecule has 0 saturated carbocycles. The summed E-state index contributed by atoms with van der Waals surface area (Å²) in [7, 11) is 1.75. The molecule has 13 heavy (non-hydrogen) atoms. The Labute approximate surface area is 82.2 Å². The van der Waals surface area contributed by atoms with Gasteiger partial charge in [0, 0.05) is 26.2 Å². The van der Waals surface area contributed by atoms with E-state index in [1.807, 2.05) is 0 Å². The molecule has 0 saturated heterocycles. The molecule has 0 aromatic carbocycles. The van der Waals surface area contributed by atoms with E-state index in [2.05, 4.69) is 38.3 Å². The predicted octanol–water partition coefficient (Wildman–Crippen LogP) is 0.999. The van der Waals surface area contributed by atoms with Gasteiger partial charge in [0.15, 0.2) is 0 Å². The SMILES string of the molecule is CCNCC(C)NCC(C)(C)OC. The third-order valence-electron chi connectivity index (χ3n) is 2.13. The van der Waals surface area contributed by atoms with Crippen molar-refractivity contribution < 1.29 is 4.74 Å². The Hall–Kier alpha value is -0.120. The number of hydrogen-bond donors (Lipinski definition) is 2. The van der Waals surface area contributed by atoms with E-state index in [1.54, 1.807) is 7.11 Å². The smallest absolute Gasteiger partial charge is 0.0746 e. The highest BCUT2D eigenvalue weighted by Crippen LogP contribution is 2.04. The van der Waals surface area contributed by atoms with Gasteiger partial charge in [0.1, 0.15) is 0 Å². The molecule has 0 bridgehead atoms. The Bertz CT molecular complexity index is 126. The van der Waals surface area contributed by atoms with Gasteiger partial charge in [0.05, 0.1) is 5.60 Å². The summed E-state index contributed by atoms with van der Waals surface area (Å²) in [6.07, 6.45) is 0. The second kappa shape index (κ2) is 6.35. The van der Waals surface area contributed by atoms with Crippen molar-refractivity contribution in [2.24, 2.45) is 0 Å². The fraction of sp³-hybridized carbons (Fsp3) is 1.00. The molecule has 0 aliphatic carbocycles. The molecule has 3 nitrogen and oxygen atoms in total. The molecule has 0 aliphatic rings. The van der Waals surface area contributed by atoms with Crippen LogP contribution in [0.25, 0.3) is 0 Å². The zero-order valence-corrected chi connectivity index (χ0v) is 9.61. The molecule has 3 heteroatoms. The summed E-state index contributed by atoms with van der Waals surface area (Å²) in [5.41, 5.74) is -0.0690. The Morgan fingerprint density at radius 1 is 1.38 bits per heavy atom. The topological polar surface area (TPSA) is 33.3 Å². The Balaban J connectivity index is 3.51. The highest BCUT2D eigenvalue weighted by atomic mass is 16.5. The van der Waals surface area contributed by atoms with E-state index in [4.69, 9.17) is 4.74 Å². The molecule has 0 rings (SSSR count). The van der Waals surface area contributed by atoms with E-state index in [0.29, 0.717) is 6.04 Å². The summed E-state index contributed by atoms with van der Waals surface area (Å²) in [6.45, 7) is 11.4. The molecular formula is C10H24N2O. The fourth-order valence-electron chi connectivity index (χ4n) is 0.925. The average molecular weight is 188 g/mol. The van der Waals surface area contributed by atoms with Crippen molar-refractivity contribution in [2.75, 3.05) is 26.7 Å². The zero-order chi connectivity index (χ0) is 10.3. The minimum absolute atomic E-state index is 0.0690. The second-order valence-corrected chi connectivity index (χ2v) is 4.05. The van der Waals surface area contributed by atoms with E-state index in [9.17, 15) is 0 Å². The van der Waals surface area contributed by atoms with Crippen LogP contribution in [0, 0.1) is 0 Å². The van der Waals surface area contributed by atoms with Crippen molar-refractivity contribution in [3.8, 4) is 0 Å². The van der Waals surface area contributed by atoms with E-state index in [1.165, 1.54) is 0 Å². The van der Waals surface area contributed by atoms with Crippen LogP contribution in [0.3, 0.4) is 0 Å². The Morgan fingerprint density at radius 2 is 2.00 bits per heavy atom. The highest BCUT2D eigenvalue weighted by Gasteiger charge is 2.16. The molecule has 1 unspecified atom stereocenters. The van der Waals surface area contributed by atoms with E-state index in [0.717, 1.165) is 19.6 Å². The second-order valence-electron chi connectivity index (χ2n) is 4.05. The third kappa shape index (κ3) is 6.99. The van der Waals surface area contributed by atoms with Crippen LogP contribution in [0.4, 0.5) is 0 Å². The first kappa shape index (κ1) is 12.9. The first-order valence-corrected chi connectivity index (χ1v) is 5.01. The molecular weight excluding hydrogens is 164 g/mol. The minimum atomic E-state index is -0.0690. The molecule has 0 amide bonds. The molecule has 0 aromatic rings. The number of likely N-dealkylation sites (N-methyl/N-ethyl adjacent to an activating group) is 1. The summed E-state index contributed by atoms with van der Waals surface area (Å²) in [5, 5.41) is 6.72.